The number of ether oxygens (including phenoxy) is 1. The van der Waals surface area contributed by atoms with Crippen molar-refractivity contribution in [1.29, 1.82) is 0 Å². The summed E-state index contributed by atoms with van der Waals surface area (Å²) in [5, 5.41) is 4.00. The number of nitrogens with zero attached hydrogens (tertiary/aromatic N) is 4. The molecule has 1 aromatic carbocycles. The maximum absolute atomic E-state index is 12.8. The lowest BCUT2D eigenvalue weighted by atomic mass is 10.1. The van der Waals surface area contributed by atoms with Gasteiger partial charge in [-0.3, -0.25) is 14.7 Å². The predicted octanol–water partition coefficient (Wildman–Crippen LogP) is 3.14. The molecule has 0 N–H and O–H groups in total. The quantitative estimate of drug-likeness (QED) is 0.600. The van der Waals surface area contributed by atoms with Crippen molar-refractivity contribution in [3.05, 3.63) is 66.1 Å². The van der Waals surface area contributed by atoms with Gasteiger partial charge in [0.1, 0.15) is 5.75 Å². The van der Waals surface area contributed by atoms with Crippen LogP contribution in [0.15, 0.2) is 59.4 Å². The summed E-state index contributed by atoms with van der Waals surface area (Å²) < 4.78 is 10.9. The molecule has 0 atom stereocenters. The van der Waals surface area contributed by atoms with Gasteiger partial charge in [-0.25, -0.2) is 0 Å². The van der Waals surface area contributed by atoms with Crippen molar-refractivity contribution in [1.82, 2.24) is 19.9 Å². The molecule has 0 radical (unpaired) electrons. The van der Waals surface area contributed by atoms with Crippen molar-refractivity contribution in [2.75, 3.05) is 39.3 Å². The van der Waals surface area contributed by atoms with E-state index in [0.29, 0.717) is 31.2 Å². The van der Waals surface area contributed by atoms with E-state index in [1.165, 1.54) is 5.56 Å². The van der Waals surface area contributed by atoms with Crippen molar-refractivity contribution >= 4 is 5.91 Å². The second kappa shape index (κ2) is 9.54. The first kappa shape index (κ1) is 20.1. The Labute approximate surface area is 176 Å². The van der Waals surface area contributed by atoms with Gasteiger partial charge in [-0.15, -0.1) is 0 Å². The van der Waals surface area contributed by atoms with Gasteiger partial charge in [-0.05, 0) is 55.3 Å². The standard InChI is InChI=1S/C23H26N4O3/c1-2-29-20-5-3-19(4-6-20)22-17-21(25-30-22)23(28)27-15-13-26(14-16-27)12-9-18-7-10-24-11-8-18/h3-8,10-11,17H,2,9,12-16H2,1H3. The first-order chi connectivity index (χ1) is 14.7. The van der Waals surface area contributed by atoms with E-state index in [4.69, 9.17) is 9.26 Å². The van der Waals surface area contributed by atoms with Crippen molar-refractivity contribution in [3.8, 4) is 17.1 Å². The molecule has 7 nitrogen and oxygen atoms in total. The van der Waals surface area contributed by atoms with Gasteiger partial charge in [-0.1, -0.05) is 5.16 Å². The van der Waals surface area contributed by atoms with Crippen LogP contribution >= 0.6 is 0 Å². The smallest absolute Gasteiger partial charge is 0.276 e. The Morgan fingerprint density at radius 1 is 1.07 bits per heavy atom. The molecule has 0 aliphatic carbocycles. The summed E-state index contributed by atoms with van der Waals surface area (Å²) >= 11 is 0. The maximum Gasteiger partial charge on any atom is 0.276 e. The van der Waals surface area contributed by atoms with Gasteiger partial charge >= 0.3 is 0 Å². The fourth-order valence-corrected chi connectivity index (χ4v) is 3.57. The number of carbonyl (C=O) groups excluding carboxylic acids is 1. The van der Waals surface area contributed by atoms with E-state index >= 15 is 0 Å². The molecule has 1 fully saturated rings. The van der Waals surface area contributed by atoms with Crippen molar-refractivity contribution in [3.63, 3.8) is 0 Å². The Hall–Kier alpha value is -3.19. The topological polar surface area (TPSA) is 71.7 Å². The largest absolute Gasteiger partial charge is 0.494 e. The van der Waals surface area contributed by atoms with Crippen LogP contribution in [0.4, 0.5) is 0 Å². The van der Waals surface area contributed by atoms with Crippen LogP contribution in [0.1, 0.15) is 23.0 Å². The number of rotatable bonds is 7. The molecule has 1 amide bonds. The minimum Gasteiger partial charge on any atom is -0.494 e. The van der Waals surface area contributed by atoms with E-state index in [0.717, 1.165) is 37.4 Å². The first-order valence-electron chi connectivity index (χ1n) is 10.3. The van der Waals surface area contributed by atoms with Gasteiger partial charge in [0.2, 0.25) is 0 Å². The molecule has 30 heavy (non-hydrogen) atoms. The third kappa shape index (κ3) is 4.86. The molecule has 4 rings (SSSR count). The lowest BCUT2D eigenvalue weighted by molar-refractivity contribution is 0.0628. The minimum absolute atomic E-state index is 0.0790. The third-order valence-corrected chi connectivity index (χ3v) is 5.30. The highest BCUT2D eigenvalue weighted by atomic mass is 16.5. The SMILES string of the molecule is CCOc1ccc(-c2cc(C(=O)N3CCN(CCc4ccncc4)CC3)no2)cc1. The van der Waals surface area contributed by atoms with Crippen LogP contribution < -0.4 is 4.74 Å². The number of carbonyl (C=O) groups is 1. The highest BCUT2D eigenvalue weighted by Gasteiger charge is 2.24. The molecule has 0 spiro atoms. The Morgan fingerprint density at radius 3 is 2.50 bits per heavy atom. The number of hydrogen-bond acceptors (Lipinski definition) is 6. The Balaban J connectivity index is 1.30. The van der Waals surface area contributed by atoms with Crippen LogP contribution in [0.3, 0.4) is 0 Å². The fourth-order valence-electron chi connectivity index (χ4n) is 3.57. The normalized spacial score (nSPS) is 14.6. The molecule has 2 aromatic heterocycles. The summed E-state index contributed by atoms with van der Waals surface area (Å²) in [4.78, 5) is 21.1. The summed E-state index contributed by atoms with van der Waals surface area (Å²) in [5.41, 5.74) is 2.50. The Morgan fingerprint density at radius 2 is 1.80 bits per heavy atom. The summed E-state index contributed by atoms with van der Waals surface area (Å²) in [6, 6.07) is 13.4. The van der Waals surface area contributed by atoms with Gasteiger partial charge in [-0.2, -0.15) is 0 Å². The van der Waals surface area contributed by atoms with E-state index in [1.54, 1.807) is 6.07 Å². The first-order valence-corrected chi connectivity index (χ1v) is 10.3. The molecular weight excluding hydrogens is 380 g/mol. The summed E-state index contributed by atoms with van der Waals surface area (Å²) in [5.74, 6) is 1.31. The van der Waals surface area contributed by atoms with Gasteiger partial charge in [0.05, 0.1) is 6.61 Å². The summed E-state index contributed by atoms with van der Waals surface area (Å²) in [7, 11) is 0. The van der Waals surface area contributed by atoms with E-state index in [1.807, 2.05) is 60.6 Å². The monoisotopic (exact) mass is 406 g/mol. The zero-order valence-corrected chi connectivity index (χ0v) is 17.2. The van der Waals surface area contributed by atoms with Crippen LogP contribution in [-0.4, -0.2) is 65.2 Å². The van der Waals surface area contributed by atoms with E-state index in [2.05, 4.69) is 15.0 Å². The van der Waals surface area contributed by atoms with Crippen molar-refractivity contribution in [2.24, 2.45) is 0 Å². The highest BCUT2D eigenvalue weighted by molar-refractivity contribution is 5.93. The van der Waals surface area contributed by atoms with Gasteiger partial charge < -0.3 is 14.2 Å². The van der Waals surface area contributed by atoms with E-state index in [9.17, 15) is 4.79 Å². The summed E-state index contributed by atoms with van der Waals surface area (Å²) in [6.07, 6.45) is 4.64. The van der Waals surface area contributed by atoms with Gasteiger partial charge in [0, 0.05) is 56.7 Å². The molecule has 3 heterocycles. The second-order valence-corrected chi connectivity index (χ2v) is 7.27. The lowest BCUT2D eigenvalue weighted by Crippen LogP contribution is -2.49. The van der Waals surface area contributed by atoms with Crippen molar-refractivity contribution in [2.45, 2.75) is 13.3 Å². The van der Waals surface area contributed by atoms with Crippen molar-refractivity contribution < 1.29 is 14.1 Å². The zero-order valence-electron chi connectivity index (χ0n) is 17.2. The third-order valence-electron chi connectivity index (χ3n) is 5.30. The maximum atomic E-state index is 12.8. The van der Waals surface area contributed by atoms with Crippen LogP contribution in [-0.2, 0) is 6.42 Å². The van der Waals surface area contributed by atoms with Crippen LogP contribution in [0, 0.1) is 0 Å². The van der Waals surface area contributed by atoms with E-state index in [-0.39, 0.29) is 5.91 Å². The molecule has 1 aliphatic heterocycles. The summed E-state index contributed by atoms with van der Waals surface area (Å²) in [6.45, 7) is 6.67. The number of benzene rings is 1. The number of piperazine rings is 1. The average Bonchev–Trinajstić information content (AvgIpc) is 3.29. The molecule has 0 unspecified atom stereocenters. The molecule has 7 heteroatoms. The highest BCUT2D eigenvalue weighted by Crippen LogP contribution is 2.24. The second-order valence-electron chi connectivity index (χ2n) is 7.27. The van der Waals surface area contributed by atoms with Gasteiger partial charge in [0.15, 0.2) is 11.5 Å². The molecule has 3 aromatic rings. The van der Waals surface area contributed by atoms with Crippen LogP contribution in [0.5, 0.6) is 5.75 Å². The molecule has 0 bridgehead atoms. The molecular formula is C23H26N4O3. The lowest BCUT2D eigenvalue weighted by Gasteiger charge is -2.34. The van der Waals surface area contributed by atoms with Crippen LogP contribution in [0.25, 0.3) is 11.3 Å². The molecule has 1 saturated heterocycles. The number of hydrogen-bond donors (Lipinski definition) is 0. The Bertz CT molecular complexity index is 948. The van der Waals surface area contributed by atoms with Crippen LogP contribution in [0.2, 0.25) is 0 Å². The fraction of sp³-hybridized carbons (Fsp3) is 0.348. The number of pyridine rings is 1. The molecule has 0 saturated carbocycles. The molecule has 156 valence electrons. The Kier molecular flexibility index (Phi) is 6.39. The van der Waals surface area contributed by atoms with E-state index < -0.39 is 0 Å². The number of amides is 1. The predicted molar refractivity (Wildman–Crippen MR) is 113 cm³/mol. The molecule has 1 aliphatic rings. The minimum atomic E-state index is -0.0790. The average molecular weight is 406 g/mol. The number of aromatic nitrogens is 2. The van der Waals surface area contributed by atoms with Gasteiger partial charge in [0.25, 0.3) is 5.91 Å². The zero-order chi connectivity index (χ0) is 20.8.